The molecule has 0 aromatic carbocycles. The van der Waals surface area contributed by atoms with Gasteiger partial charge in [0.05, 0.1) is 0 Å². The highest BCUT2D eigenvalue weighted by molar-refractivity contribution is 7.92. The van der Waals surface area contributed by atoms with Gasteiger partial charge in [-0.15, -0.1) is 0 Å². The Morgan fingerprint density at radius 3 is 2.63 bits per heavy atom. The van der Waals surface area contributed by atoms with Crippen molar-refractivity contribution in [2.45, 2.75) is 18.7 Å². The van der Waals surface area contributed by atoms with Crippen LogP contribution in [0.25, 0.3) is 0 Å². The maximum Gasteiger partial charge on any atom is 0.264 e. The molecule has 2 aromatic rings. The molecule has 0 amide bonds. The quantitative estimate of drug-likeness (QED) is 0.875. The van der Waals surface area contributed by atoms with Crippen LogP contribution in [-0.2, 0) is 10.0 Å². The van der Waals surface area contributed by atoms with Gasteiger partial charge >= 0.3 is 0 Å². The molecule has 0 aliphatic rings. The Hall–Kier alpha value is -1.73. The molecule has 2 rings (SSSR count). The van der Waals surface area contributed by atoms with E-state index in [9.17, 15) is 8.42 Å². The molecule has 19 heavy (non-hydrogen) atoms. The fraction of sp³-hybridized carbons (Fsp3) is 0.182. The fourth-order valence-electron chi connectivity index (χ4n) is 1.39. The first-order chi connectivity index (χ1) is 8.88. The zero-order chi connectivity index (χ0) is 14.0. The summed E-state index contributed by atoms with van der Waals surface area (Å²) >= 11 is 5.76. The third kappa shape index (κ3) is 3.18. The van der Waals surface area contributed by atoms with E-state index in [1.165, 1.54) is 24.5 Å². The summed E-state index contributed by atoms with van der Waals surface area (Å²) in [6, 6.07) is 2.92. The van der Waals surface area contributed by atoms with Crippen molar-refractivity contribution >= 4 is 27.4 Å². The average molecular weight is 299 g/mol. The van der Waals surface area contributed by atoms with Crippen LogP contribution in [0.2, 0.25) is 5.15 Å². The van der Waals surface area contributed by atoms with Gasteiger partial charge < -0.3 is 0 Å². The predicted molar refractivity (Wildman–Crippen MR) is 71.6 cm³/mol. The van der Waals surface area contributed by atoms with Gasteiger partial charge in [-0.25, -0.2) is 23.4 Å². The van der Waals surface area contributed by atoms with Crippen molar-refractivity contribution in [2.75, 3.05) is 4.72 Å². The van der Waals surface area contributed by atoms with Crippen molar-refractivity contribution in [3.8, 4) is 0 Å². The van der Waals surface area contributed by atoms with E-state index in [1.54, 1.807) is 13.8 Å². The maximum absolute atomic E-state index is 12.1. The van der Waals surface area contributed by atoms with Gasteiger partial charge in [0.25, 0.3) is 10.0 Å². The normalized spacial score (nSPS) is 11.3. The van der Waals surface area contributed by atoms with E-state index in [1.807, 2.05) is 0 Å². The molecule has 0 aliphatic heterocycles. The number of rotatable bonds is 3. The van der Waals surface area contributed by atoms with Gasteiger partial charge in [0.1, 0.15) is 21.7 Å². The molecule has 0 saturated carbocycles. The van der Waals surface area contributed by atoms with E-state index >= 15 is 0 Å². The highest BCUT2D eigenvalue weighted by atomic mass is 35.5. The summed E-state index contributed by atoms with van der Waals surface area (Å²) in [6.07, 6.45) is 2.68. The van der Waals surface area contributed by atoms with Crippen LogP contribution in [0.4, 0.5) is 5.82 Å². The number of nitrogens with zero attached hydrogens (tertiary/aromatic N) is 3. The summed E-state index contributed by atoms with van der Waals surface area (Å²) in [4.78, 5) is 11.7. The smallest absolute Gasteiger partial charge is 0.263 e. The third-order valence-corrected chi connectivity index (χ3v) is 4.03. The molecule has 1 N–H and O–H groups in total. The minimum Gasteiger partial charge on any atom is -0.263 e. The van der Waals surface area contributed by atoms with Gasteiger partial charge in [0.15, 0.2) is 0 Å². The largest absolute Gasteiger partial charge is 0.264 e. The Balaban J connectivity index is 2.35. The third-order valence-electron chi connectivity index (χ3n) is 2.31. The van der Waals surface area contributed by atoms with Crippen LogP contribution in [0.5, 0.6) is 0 Å². The van der Waals surface area contributed by atoms with Gasteiger partial charge in [-0.1, -0.05) is 11.6 Å². The van der Waals surface area contributed by atoms with Crippen molar-refractivity contribution in [1.82, 2.24) is 15.0 Å². The lowest BCUT2D eigenvalue weighted by atomic mass is 10.3. The van der Waals surface area contributed by atoms with Crippen LogP contribution in [0.15, 0.2) is 29.4 Å². The highest BCUT2D eigenvalue weighted by Crippen LogP contribution is 2.18. The number of hydrogen-bond acceptors (Lipinski definition) is 5. The lowest BCUT2D eigenvalue weighted by Gasteiger charge is -2.08. The average Bonchev–Trinajstić information content (AvgIpc) is 2.32. The van der Waals surface area contributed by atoms with E-state index in [4.69, 9.17) is 11.6 Å². The highest BCUT2D eigenvalue weighted by Gasteiger charge is 2.16. The summed E-state index contributed by atoms with van der Waals surface area (Å²) < 4.78 is 26.6. The summed E-state index contributed by atoms with van der Waals surface area (Å²) in [5.74, 6) is 0.686. The minimum atomic E-state index is -3.73. The summed E-state index contributed by atoms with van der Waals surface area (Å²) in [5, 5.41) is 0.275. The van der Waals surface area contributed by atoms with E-state index in [0.29, 0.717) is 11.4 Å². The number of sulfonamides is 1. The summed E-state index contributed by atoms with van der Waals surface area (Å²) in [7, 11) is -3.73. The van der Waals surface area contributed by atoms with Crippen LogP contribution in [0, 0.1) is 13.8 Å². The monoisotopic (exact) mass is 298 g/mol. The SMILES string of the molecule is Cc1nccc(NS(=O)(=O)c2cnc(Cl)c(C)c2)n1. The van der Waals surface area contributed by atoms with Crippen molar-refractivity contribution in [1.29, 1.82) is 0 Å². The molecule has 2 heterocycles. The molecule has 0 atom stereocenters. The van der Waals surface area contributed by atoms with Gasteiger partial charge in [-0.3, -0.25) is 4.72 Å². The molecule has 0 aliphatic carbocycles. The molecule has 0 fully saturated rings. The Kier molecular flexibility index (Phi) is 3.68. The Bertz CT molecular complexity index is 718. The Labute approximate surface area is 115 Å². The lowest BCUT2D eigenvalue weighted by molar-refractivity contribution is 0.600. The van der Waals surface area contributed by atoms with E-state index in [0.717, 1.165) is 0 Å². The zero-order valence-corrected chi connectivity index (χ0v) is 11.8. The zero-order valence-electron chi connectivity index (χ0n) is 10.3. The second-order valence-electron chi connectivity index (χ2n) is 3.87. The first-order valence-corrected chi connectivity index (χ1v) is 7.19. The molecular formula is C11H11ClN4O2S. The van der Waals surface area contributed by atoms with E-state index in [-0.39, 0.29) is 15.9 Å². The standard InChI is InChI=1S/C11H11ClN4O2S/c1-7-5-9(6-14-11(7)12)19(17,18)16-10-3-4-13-8(2)15-10/h3-6H,1-2H3,(H,13,15,16). The molecule has 6 nitrogen and oxygen atoms in total. The lowest BCUT2D eigenvalue weighted by Crippen LogP contribution is -2.15. The van der Waals surface area contributed by atoms with E-state index in [2.05, 4.69) is 19.7 Å². The second-order valence-corrected chi connectivity index (χ2v) is 5.91. The Morgan fingerprint density at radius 1 is 1.26 bits per heavy atom. The first kappa shape index (κ1) is 13.7. The van der Waals surface area contributed by atoms with Gasteiger partial charge in [-0.05, 0) is 31.5 Å². The Morgan fingerprint density at radius 2 is 2.00 bits per heavy atom. The molecule has 2 aromatic heterocycles. The van der Waals surface area contributed by atoms with Gasteiger partial charge in [0.2, 0.25) is 0 Å². The van der Waals surface area contributed by atoms with Crippen molar-refractivity contribution in [2.24, 2.45) is 0 Å². The number of hydrogen-bond donors (Lipinski definition) is 1. The molecular weight excluding hydrogens is 288 g/mol. The summed E-state index contributed by atoms with van der Waals surface area (Å²) in [6.45, 7) is 3.36. The van der Waals surface area contributed by atoms with Gasteiger partial charge in [-0.2, -0.15) is 0 Å². The van der Waals surface area contributed by atoms with Crippen LogP contribution in [0.3, 0.4) is 0 Å². The number of aromatic nitrogens is 3. The van der Waals surface area contributed by atoms with Crippen molar-refractivity contribution < 1.29 is 8.42 Å². The van der Waals surface area contributed by atoms with Crippen LogP contribution >= 0.6 is 11.6 Å². The first-order valence-electron chi connectivity index (χ1n) is 5.33. The number of anilines is 1. The fourth-order valence-corrected chi connectivity index (χ4v) is 2.52. The molecule has 0 saturated heterocycles. The number of pyridine rings is 1. The summed E-state index contributed by atoms with van der Waals surface area (Å²) in [5.41, 5.74) is 0.586. The maximum atomic E-state index is 12.1. The van der Waals surface area contributed by atoms with Crippen molar-refractivity contribution in [3.63, 3.8) is 0 Å². The second kappa shape index (κ2) is 5.10. The number of aryl methyl sites for hydroxylation is 2. The van der Waals surface area contributed by atoms with Crippen LogP contribution in [-0.4, -0.2) is 23.4 Å². The molecule has 8 heteroatoms. The molecule has 100 valence electrons. The van der Waals surface area contributed by atoms with Crippen LogP contribution in [0.1, 0.15) is 11.4 Å². The molecule has 0 radical (unpaired) electrons. The minimum absolute atomic E-state index is 0.0330. The number of nitrogens with one attached hydrogen (secondary N) is 1. The van der Waals surface area contributed by atoms with Gasteiger partial charge in [0, 0.05) is 12.4 Å². The number of halogens is 1. The molecule has 0 unspecified atom stereocenters. The molecule has 0 spiro atoms. The van der Waals surface area contributed by atoms with Crippen molar-refractivity contribution in [3.05, 3.63) is 41.1 Å². The topological polar surface area (TPSA) is 84.8 Å². The molecule has 0 bridgehead atoms. The predicted octanol–water partition coefficient (Wildman–Crippen LogP) is 1.94. The van der Waals surface area contributed by atoms with Crippen LogP contribution < -0.4 is 4.72 Å². The van der Waals surface area contributed by atoms with E-state index < -0.39 is 10.0 Å².